The van der Waals surface area contributed by atoms with E-state index in [1.807, 2.05) is 0 Å². The van der Waals surface area contributed by atoms with E-state index in [1.54, 1.807) is 0 Å². The molecule has 1 aliphatic rings. The predicted octanol–water partition coefficient (Wildman–Crippen LogP) is 4.72. The number of hydrogen-bond acceptors (Lipinski definition) is 2. The van der Waals surface area contributed by atoms with Crippen LogP contribution in [-0.2, 0) is 0 Å². The normalized spacial score (nSPS) is 14.7. The van der Waals surface area contributed by atoms with Gasteiger partial charge in [-0.3, -0.25) is 0 Å². The van der Waals surface area contributed by atoms with Gasteiger partial charge in [-0.05, 0) is 40.9 Å². The van der Waals surface area contributed by atoms with Crippen LogP contribution in [0.3, 0.4) is 0 Å². The van der Waals surface area contributed by atoms with Crippen molar-refractivity contribution in [2.45, 2.75) is 18.8 Å². The van der Waals surface area contributed by atoms with Crippen LogP contribution in [0.4, 0.5) is 8.78 Å². The number of aromatic nitrogens is 2. The molecule has 6 heteroatoms. The fourth-order valence-corrected chi connectivity index (χ4v) is 2.37. The summed E-state index contributed by atoms with van der Waals surface area (Å²) in [7, 11) is 0. The van der Waals surface area contributed by atoms with Crippen LogP contribution in [0.25, 0.3) is 11.3 Å². The highest BCUT2D eigenvalue weighted by molar-refractivity contribution is 9.10. The lowest BCUT2D eigenvalue weighted by molar-refractivity contribution is 0.584. The molecule has 0 bridgehead atoms. The average molecular weight is 346 g/mol. The first-order valence-electron chi connectivity index (χ1n) is 5.74. The Kier molecular flexibility index (Phi) is 3.27. The third-order valence-corrected chi connectivity index (χ3v) is 3.76. The Morgan fingerprint density at radius 1 is 1.21 bits per heavy atom. The maximum absolute atomic E-state index is 14.0. The monoisotopic (exact) mass is 344 g/mol. The number of nitrogens with zero attached hydrogens (tertiary/aromatic N) is 2. The Morgan fingerprint density at radius 2 is 1.95 bits per heavy atom. The molecular formula is C13H8BrClF2N2. The molecule has 2 nitrogen and oxygen atoms in total. The van der Waals surface area contributed by atoms with Crippen LogP contribution < -0.4 is 0 Å². The fraction of sp³-hybridized carbons (Fsp3) is 0.231. The van der Waals surface area contributed by atoms with Gasteiger partial charge < -0.3 is 0 Å². The summed E-state index contributed by atoms with van der Waals surface area (Å²) < 4.78 is 28.1. The van der Waals surface area contributed by atoms with Crippen molar-refractivity contribution in [3.8, 4) is 11.3 Å². The largest absolute Gasteiger partial charge is 0.232 e. The minimum absolute atomic E-state index is 0.179. The molecule has 1 fully saturated rings. The Balaban J connectivity index is 2.19. The smallest absolute Gasteiger partial charge is 0.149 e. The van der Waals surface area contributed by atoms with Crippen molar-refractivity contribution in [3.63, 3.8) is 0 Å². The molecule has 0 radical (unpaired) electrons. The molecule has 1 saturated carbocycles. The molecule has 2 aromatic rings. The highest BCUT2D eigenvalue weighted by Crippen LogP contribution is 2.39. The van der Waals surface area contributed by atoms with Gasteiger partial charge in [-0.15, -0.1) is 0 Å². The van der Waals surface area contributed by atoms with Gasteiger partial charge in [-0.1, -0.05) is 11.6 Å². The van der Waals surface area contributed by atoms with Crippen LogP contribution in [0.1, 0.15) is 24.6 Å². The van der Waals surface area contributed by atoms with Crippen LogP contribution in [0.5, 0.6) is 0 Å². The summed E-state index contributed by atoms with van der Waals surface area (Å²) in [5.41, 5.74) is -0.00113. The van der Waals surface area contributed by atoms with E-state index < -0.39 is 11.6 Å². The Hall–Kier alpha value is -1.07. The molecule has 0 N–H and O–H groups in total. The Morgan fingerprint density at radius 3 is 2.63 bits per heavy atom. The van der Waals surface area contributed by atoms with Crippen molar-refractivity contribution in [2.24, 2.45) is 0 Å². The molecule has 0 spiro atoms. The summed E-state index contributed by atoms with van der Waals surface area (Å²) in [5.74, 6) is -0.536. The van der Waals surface area contributed by atoms with Crippen LogP contribution in [0.2, 0.25) is 5.15 Å². The second-order valence-electron chi connectivity index (χ2n) is 4.43. The van der Waals surface area contributed by atoms with E-state index in [1.165, 1.54) is 18.2 Å². The molecule has 0 saturated heterocycles. The summed E-state index contributed by atoms with van der Waals surface area (Å²) in [4.78, 5) is 8.33. The molecule has 0 amide bonds. The van der Waals surface area contributed by atoms with Gasteiger partial charge >= 0.3 is 0 Å². The van der Waals surface area contributed by atoms with E-state index in [2.05, 4.69) is 25.9 Å². The fourth-order valence-electron chi connectivity index (χ4n) is 1.85. The van der Waals surface area contributed by atoms with E-state index in [0.29, 0.717) is 5.82 Å². The van der Waals surface area contributed by atoms with Gasteiger partial charge in [0.15, 0.2) is 0 Å². The number of rotatable bonds is 2. The van der Waals surface area contributed by atoms with E-state index in [0.717, 1.165) is 12.8 Å². The second kappa shape index (κ2) is 4.80. The van der Waals surface area contributed by atoms with Gasteiger partial charge in [0.25, 0.3) is 0 Å². The first-order chi connectivity index (χ1) is 9.06. The highest BCUT2D eigenvalue weighted by atomic mass is 79.9. The first-order valence-corrected chi connectivity index (χ1v) is 6.91. The van der Waals surface area contributed by atoms with Crippen LogP contribution >= 0.6 is 27.5 Å². The molecule has 3 rings (SSSR count). The predicted molar refractivity (Wildman–Crippen MR) is 72.1 cm³/mol. The van der Waals surface area contributed by atoms with Crippen LogP contribution in [0, 0.1) is 11.6 Å². The lowest BCUT2D eigenvalue weighted by Crippen LogP contribution is -1.99. The van der Waals surface area contributed by atoms with Gasteiger partial charge in [-0.2, -0.15) is 0 Å². The molecule has 1 aromatic carbocycles. The summed E-state index contributed by atoms with van der Waals surface area (Å²) in [6, 6.07) is 3.88. The minimum Gasteiger partial charge on any atom is -0.232 e. The van der Waals surface area contributed by atoms with Crippen molar-refractivity contribution in [1.29, 1.82) is 0 Å². The molecule has 1 heterocycles. The topological polar surface area (TPSA) is 25.8 Å². The summed E-state index contributed by atoms with van der Waals surface area (Å²) in [5, 5.41) is 0.200. The standard InChI is InChI=1S/C13H8BrClF2N2/c14-7-3-4-8(16)11(12(7)17)9-5-10(15)19-13(18-9)6-1-2-6/h3-6H,1-2H2. The van der Waals surface area contributed by atoms with E-state index in [-0.39, 0.29) is 26.8 Å². The molecule has 1 aliphatic carbocycles. The van der Waals surface area contributed by atoms with Crippen molar-refractivity contribution < 1.29 is 8.78 Å². The van der Waals surface area contributed by atoms with Crippen molar-refractivity contribution >= 4 is 27.5 Å². The number of hydrogen-bond donors (Lipinski definition) is 0. The average Bonchev–Trinajstić information content (AvgIpc) is 3.18. The van der Waals surface area contributed by atoms with Crippen LogP contribution in [0.15, 0.2) is 22.7 Å². The zero-order valence-corrected chi connectivity index (χ0v) is 12.0. The van der Waals surface area contributed by atoms with E-state index in [4.69, 9.17) is 11.6 Å². The quantitative estimate of drug-likeness (QED) is 0.581. The maximum Gasteiger partial charge on any atom is 0.149 e. The lowest BCUT2D eigenvalue weighted by Gasteiger charge is -2.08. The lowest BCUT2D eigenvalue weighted by atomic mass is 10.1. The number of halogens is 4. The van der Waals surface area contributed by atoms with E-state index in [9.17, 15) is 8.78 Å². The molecule has 0 atom stereocenters. The van der Waals surface area contributed by atoms with Gasteiger partial charge in [0.1, 0.15) is 22.6 Å². The number of benzene rings is 1. The zero-order valence-electron chi connectivity index (χ0n) is 9.63. The van der Waals surface area contributed by atoms with Gasteiger partial charge in [0.2, 0.25) is 0 Å². The highest BCUT2D eigenvalue weighted by Gasteiger charge is 2.28. The zero-order chi connectivity index (χ0) is 13.6. The van der Waals surface area contributed by atoms with E-state index >= 15 is 0 Å². The van der Waals surface area contributed by atoms with Crippen LogP contribution in [-0.4, -0.2) is 9.97 Å². The summed E-state index contributed by atoms with van der Waals surface area (Å²) >= 11 is 8.95. The van der Waals surface area contributed by atoms with Crippen molar-refractivity contribution in [3.05, 3.63) is 45.3 Å². The third-order valence-electron chi connectivity index (χ3n) is 2.95. The summed E-state index contributed by atoms with van der Waals surface area (Å²) in [6.07, 6.45) is 1.98. The molecule has 1 aromatic heterocycles. The Bertz CT molecular complexity index is 659. The van der Waals surface area contributed by atoms with Crippen molar-refractivity contribution in [2.75, 3.05) is 0 Å². The SMILES string of the molecule is Fc1ccc(Br)c(F)c1-c1cc(Cl)nc(C2CC2)n1. The molecular weight excluding hydrogens is 338 g/mol. The molecule has 0 aliphatic heterocycles. The first kappa shape index (κ1) is 12.9. The summed E-state index contributed by atoms with van der Waals surface area (Å²) in [6.45, 7) is 0. The van der Waals surface area contributed by atoms with Gasteiger partial charge in [0.05, 0.1) is 15.7 Å². The van der Waals surface area contributed by atoms with Crippen molar-refractivity contribution in [1.82, 2.24) is 9.97 Å². The van der Waals surface area contributed by atoms with Gasteiger partial charge in [-0.25, -0.2) is 18.7 Å². The maximum atomic E-state index is 14.0. The minimum atomic E-state index is -0.684. The van der Waals surface area contributed by atoms with Gasteiger partial charge in [0, 0.05) is 12.0 Å². The molecule has 98 valence electrons. The Labute approximate surface area is 122 Å². The molecule has 19 heavy (non-hydrogen) atoms. The molecule has 0 unspecified atom stereocenters. The second-order valence-corrected chi connectivity index (χ2v) is 5.67. The third kappa shape index (κ3) is 2.49.